The number of rotatable bonds is 6. The van der Waals surface area contributed by atoms with E-state index >= 15 is 0 Å². The molecule has 112 valence electrons. The van der Waals surface area contributed by atoms with Gasteiger partial charge in [0.15, 0.2) is 11.5 Å². The molecule has 0 saturated carbocycles. The Morgan fingerprint density at radius 3 is 2.71 bits per heavy atom. The quantitative estimate of drug-likeness (QED) is 0.856. The van der Waals surface area contributed by atoms with Gasteiger partial charge >= 0.3 is 0 Å². The Bertz CT molecular complexity index is 595. The van der Waals surface area contributed by atoms with E-state index in [1.165, 1.54) is 0 Å². The number of aromatic nitrogens is 1. The molecule has 0 bridgehead atoms. The molecule has 0 aliphatic rings. The van der Waals surface area contributed by atoms with Crippen LogP contribution in [0.15, 0.2) is 40.9 Å². The van der Waals surface area contributed by atoms with Crippen LogP contribution in [0.3, 0.4) is 0 Å². The summed E-state index contributed by atoms with van der Waals surface area (Å²) < 4.78 is 5.22. The minimum atomic E-state index is -0.447. The van der Waals surface area contributed by atoms with Gasteiger partial charge in [-0.15, -0.1) is 0 Å². The average Bonchev–Trinajstić information content (AvgIpc) is 2.98. The summed E-state index contributed by atoms with van der Waals surface area (Å²) in [5.74, 6) is 0.264. The predicted octanol–water partition coefficient (Wildman–Crippen LogP) is 2.62. The summed E-state index contributed by atoms with van der Waals surface area (Å²) in [6, 6.07) is 11.1. The summed E-state index contributed by atoms with van der Waals surface area (Å²) in [6.07, 6.45) is 1.22. The van der Waals surface area contributed by atoms with E-state index < -0.39 is 5.54 Å². The van der Waals surface area contributed by atoms with E-state index in [4.69, 9.17) is 9.63 Å². The molecule has 0 saturated heterocycles. The molecule has 1 aromatic heterocycles. The number of nitrogens with zero attached hydrogens (tertiary/aromatic N) is 1. The molecule has 21 heavy (non-hydrogen) atoms. The van der Waals surface area contributed by atoms with E-state index in [1.807, 2.05) is 44.2 Å². The summed E-state index contributed by atoms with van der Waals surface area (Å²) >= 11 is 0. The fourth-order valence-electron chi connectivity index (χ4n) is 2.03. The van der Waals surface area contributed by atoms with Crippen LogP contribution >= 0.6 is 0 Å². The van der Waals surface area contributed by atoms with E-state index in [0.29, 0.717) is 12.2 Å². The smallest absolute Gasteiger partial charge is 0.273 e. The highest BCUT2D eigenvalue weighted by atomic mass is 16.5. The fraction of sp³-hybridized carbons (Fsp3) is 0.375. The lowest BCUT2D eigenvalue weighted by molar-refractivity contribution is 0.0877. The Hall–Kier alpha value is -2.14. The van der Waals surface area contributed by atoms with Crippen LogP contribution < -0.4 is 5.32 Å². The first-order valence-corrected chi connectivity index (χ1v) is 7.03. The minimum absolute atomic E-state index is 0.0265. The maximum absolute atomic E-state index is 12.2. The van der Waals surface area contributed by atoms with Gasteiger partial charge in [0.1, 0.15) is 0 Å². The molecule has 0 radical (unpaired) electrons. The minimum Gasteiger partial charge on any atom is -0.396 e. The molecule has 1 heterocycles. The molecule has 2 rings (SSSR count). The van der Waals surface area contributed by atoms with Gasteiger partial charge < -0.3 is 14.9 Å². The van der Waals surface area contributed by atoms with Crippen LogP contribution in [-0.4, -0.2) is 28.3 Å². The Balaban J connectivity index is 2.12. The number of hydrogen-bond donors (Lipinski definition) is 2. The zero-order valence-electron chi connectivity index (χ0n) is 12.3. The monoisotopic (exact) mass is 288 g/mol. The standard InChI is InChI=1S/C16H20N2O3/c1-3-16(2,9-10-19)17-15(20)13-11-14(21-18-13)12-7-5-4-6-8-12/h4-8,11,19H,3,9-10H2,1-2H3,(H,17,20). The SMILES string of the molecule is CCC(C)(CCO)NC(=O)c1cc(-c2ccccc2)on1. The molecule has 1 atom stereocenters. The Morgan fingerprint density at radius 2 is 2.10 bits per heavy atom. The van der Waals surface area contributed by atoms with E-state index in [2.05, 4.69) is 10.5 Å². The lowest BCUT2D eigenvalue weighted by atomic mass is 9.94. The zero-order chi connectivity index (χ0) is 15.3. The third-order valence-electron chi connectivity index (χ3n) is 3.66. The highest BCUT2D eigenvalue weighted by Crippen LogP contribution is 2.20. The molecule has 0 fully saturated rings. The van der Waals surface area contributed by atoms with Crippen LogP contribution in [-0.2, 0) is 0 Å². The molecule has 0 spiro atoms. The topological polar surface area (TPSA) is 75.4 Å². The summed E-state index contributed by atoms with van der Waals surface area (Å²) in [6.45, 7) is 3.89. The molecular formula is C16H20N2O3. The maximum Gasteiger partial charge on any atom is 0.273 e. The largest absolute Gasteiger partial charge is 0.396 e. The lowest BCUT2D eigenvalue weighted by Crippen LogP contribution is -2.46. The van der Waals surface area contributed by atoms with Crippen molar-refractivity contribution in [2.24, 2.45) is 0 Å². The second kappa shape index (κ2) is 6.54. The van der Waals surface area contributed by atoms with Gasteiger partial charge in [0.25, 0.3) is 5.91 Å². The molecule has 2 aromatic rings. The van der Waals surface area contributed by atoms with Gasteiger partial charge in [-0.1, -0.05) is 42.4 Å². The van der Waals surface area contributed by atoms with Crippen LogP contribution in [0, 0.1) is 0 Å². The van der Waals surface area contributed by atoms with E-state index in [1.54, 1.807) is 6.07 Å². The van der Waals surface area contributed by atoms with Crippen molar-refractivity contribution in [1.29, 1.82) is 0 Å². The van der Waals surface area contributed by atoms with Gasteiger partial charge in [0.05, 0.1) is 0 Å². The molecule has 0 aliphatic carbocycles. The van der Waals surface area contributed by atoms with Crippen molar-refractivity contribution in [2.75, 3.05) is 6.61 Å². The summed E-state index contributed by atoms with van der Waals surface area (Å²) in [5.41, 5.74) is 0.668. The third kappa shape index (κ3) is 3.70. The summed E-state index contributed by atoms with van der Waals surface area (Å²) in [5, 5.41) is 15.8. The Kier molecular flexibility index (Phi) is 4.75. The van der Waals surface area contributed by atoms with Crippen molar-refractivity contribution in [3.05, 3.63) is 42.1 Å². The predicted molar refractivity (Wildman–Crippen MR) is 79.8 cm³/mol. The van der Waals surface area contributed by atoms with E-state index in [-0.39, 0.29) is 18.2 Å². The molecule has 1 unspecified atom stereocenters. The molecule has 2 N–H and O–H groups in total. The van der Waals surface area contributed by atoms with Gasteiger partial charge in [0.2, 0.25) is 0 Å². The van der Waals surface area contributed by atoms with Gasteiger partial charge in [-0.2, -0.15) is 0 Å². The summed E-state index contributed by atoms with van der Waals surface area (Å²) in [7, 11) is 0. The van der Waals surface area contributed by atoms with Crippen LogP contribution in [0.4, 0.5) is 0 Å². The van der Waals surface area contributed by atoms with Crippen LogP contribution in [0.5, 0.6) is 0 Å². The number of carbonyl (C=O) groups is 1. The Labute approximate surface area is 124 Å². The normalized spacial score (nSPS) is 13.7. The van der Waals surface area contributed by atoms with Crippen LogP contribution in [0.2, 0.25) is 0 Å². The highest BCUT2D eigenvalue weighted by Gasteiger charge is 2.25. The average molecular weight is 288 g/mol. The van der Waals surface area contributed by atoms with E-state index in [0.717, 1.165) is 12.0 Å². The zero-order valence-corrected chi connectivity index (χ0v) is 12.3. The maximum atomic E-state index is 12.2. The number of hydrogen-bond acceptors (Lipinski definition) is 4. The molecular weight excluding hydrogens is 268 g/mol. The van der Waals surface area contributed by atoms with Crippen molar-refractivity contribution in [3.8, 4) is 11.3 Å². The molecule has 1 aromatic carbocycles. The fourth-order valence-corrected chi connectivity index (χ4v) is 2.03. The van der Waals surface area contributed by atoms with Gasteiger partial charge in [-0.25, -0.2) is 0 Å². The number of amides is 1. The molecule has 5 heteroatoms. The van der Waals surface area contributed by atoms with Crippen molar-refractivity contribution < 1.29 is 14.4 Å². The molecule has 0 aliphatic heterocycles. The van der Waals surface area contributed by atoms with E-state index in [9.17, 15) is 4.79 Å². The number of nitrogens with one attached hydrogen (secondary N) is 1. The molecule has 1 amide bonds. The third-order valence-corrected chi connectivity index (χ3v) is 3.66. The van der Waals surface area contributed by atoms with Crippen LogP contribution in [0.1, 0.15) is 37.2 Å². The highest BCUT2D eigenvalue weighted by molar-refractivity contribution is 5.93. The van der Waals surface area contributed by atoms with Crippen molar-refractivity contribution in [2.45, 2.75) is 32.2 Å². The van der Waals surface area contributed by atoms with Crippen LogP contribution in [0.25, 0.3) is 11.3 Å². The first-order chi connectivity index (χ1) is 10.1. The first kappa shape index (κ1) is 15.3. The number of aliphatic hydroxyl groups excluding tert-OH is 1. The second-order valence-electron chi connectivity index (χ2n) is 5.28. The molecule has 5 nitrogen and oxygen atoms in total. The number of aliphatic hydroxyl groups is 1. The van der Waals surface area contributed by atoms with Gasteiger partial charge in [0, 0.05) is 23.8 Å². The number of carbonyl (C=O) groups excluding carboxylic acids is 1. The van der Waals surface area contributed by atoms with Gasteiger partial charge in [-0.05, 0) is 19.8 Å². The first-order valence-electron chi connectivity index (χ1n) is 7.03. The Morgan fingerprint density at radius 1 is 1.38 bits per heavy atom. The van der Waals surface area contributed by atoms with Crippen molar-refractivity contribution in [1.82, 2.24) is 10.5 Å². The van der Waals surface area contributed by atoms with Crippen molar-refractivity contribution in [3.63, 3.8) is 0 Å². The second-order valence-corrected chi connectivity index (χ2v) is 5.28. The van der Waals surface area contributed by atoms with Crippen molar-refractivity contribution >= 4 is 5.91 Å². The van der Waals surface area contributed by atoms with Gasteiger partial charge in [-0.3, -0.25) is 4.79 Å². The number of benzene rings is 1. The summed E-state index contributed by atoms with van der Waals surface area (Å²) in [4.78, 5) is 12.2. The lowest BCUT2D eigenvalue weighted by Gasteiger charge is -2.28.